The number of nitrogens with zero attached hydrogens (tertiary/aromatic N) is 3. The molecule has 1 aliphatic rings. The second-order valence-corrected chi connectivity index (χ2v) is 9.14. The minimum atomic E-state index is 0.0189. The minimum absolute atomic E-state index is 0.0189. The molecule has 0 fully saturated rings. The summed E-state index contributed by atoms with van der Waals surface area (Å²) in [6, 6.07) is 18.2. The number of hydrogen-bond donors (Lipinski definition) is 1. The van der Waals surface area contributed by atoms with Crippen molar-refractivity contribution < 1.29 is 4.79 Å². The summed E-state index contributed by atoms with van der Waals surface area (Å²) < 4.78 is 2.95. The maximum absolute atomic E-state index is 12.7. The van der Waals surface area contributed by atoms with E-state index in [2.05, 4.69) is 23.5 Å². The second kappa shape index (κ2) is 8.00. The van der Waals surface area contributed by atoms with Crippen molar-refractivity contribution in [1.82, 2.24) is 14.8 Å². The van der Waals surface area contributed by atoms with Crippen LogP contribution in [0.3, 0.4) is 0 Å². The zero-order valence-corrected chi connectivity index (χ0v) is 17.4. The van der Waals surface area contributed by atoms with Gasteiger partial charge in [0.25, 0.3) is 0 Å². The van der Waals surface area contributed by atoms with Crippen LogP contribution < -0.4 is 5.32 Å². The molecular weight excluding hydrogens is 400 g/mol. The quantitative estimate of drug-likeness (QED) is 0.441. The smallest absolute Gasteiger partial charge is 0.226 e. The summed E-state index contributed by atoms with van der Waals surface area (Å²) in [4.78, 5) is 18.6. The third-order valence-corrected chi connectivity index (χ3v) is 7.00. The Hall–Kier alpha value is -2.64. The van der Waals surface area contributed by atoms with E-state index >= 15 is 0 Å². The molecule has 0 atom stereocenters. The van der Waals surface area contributed by atoms with Crippen molar-refractivity contribution in [3.63, 3.8) is 0 Å². The highest BCUT2D eigenvalue weighted by Gasteiger charge is 2.25. The van der Waals surface area contributed by atoms with E-state index in [0.717, 1.165) is 57.4 Å². The Morgan fingerprint density at radius 1 is 1.10 bits per heavy atom. The number of rotatable bonds is 6. The molecule has 0 bridgehead atoms. The maximum Gasteiger partial charge on any atom is 0.226 e. The molecule has 5 nitrogen and oxygen atoms in total. The van der Waals surface area contributed by atoms with Crippen LogP contribution in [0.25, 0.3) is 15.3 Å². The Kier molecular flexibility index (Phi) is 5.08. The van der Waals surface area contributed by atoms with Gasteiger partial charge in [-0.2, -0.15) is 9.78 Å². The van der Waals surface area contributed by atoms with Crippen molar-refractivity contribution in [2.24, 2.45) is 0 Å². The monoisotopic (exact) mass is 420 g/mol. The van der Waals surface area contributed by atoms with E-state index in [1.165, 1.54) is 4.90 Å². The van der Waals surface area contributed by atoms with E-state index < -0.39 is 0 Å². The Morgan fingerprint density at radius 3 is 2.79 bits per heavy atom. The van der Waals surface area contributed by atoms with Gasteiger partial charge in [-0.05, 0) is 43.5 Å². The number of carbonyl (C=O) groups is 1. The number of nitrogens with one attached hydrogen (secondary N) is 1. The van der Waals surface area contributed by atoms with Crippen molar-refractivity contribution in [1.29, 1.82) is 0 Å². The Morgan fingerprint density at radius 2 is 1.93 bits per heavy atom. The highest BCUT2D eigenvalue weighted by molar-refractivity contribution is 7.99. The third kappa shape index (κ3) is 3.80. The highest BCUT2D eigenvalue weighted by Crippen LogP contribution is 2.33. The highest BCUT2D eigenvalue weighted by atomic mass is 32.2. The zero-order chi connectivity index (χ0) is 19.6. The number of anilines is 1. The second-order valence-electron chi connectivity index (χ2n) is 6.96. The molecule has 0 spiro atoms. The Labute approximate surface area is 177 Å². The molecule has 5 rings (SSSR count). The molecule has 146 valence electrons. The first-order valence-corrected chi connectivity index (χ1v) is 11.5. The first-order valence-electron chi connectivity index (χ1n) is 9.72. The van der Waals surface area contributed by atoms with E-state index in [1.807, 2.05) is 41.1 Å². The summed E-state index contributed by atoms with van der Waals surface area (Å²) >= 11 is 3.29. The molecule has 0 saturated heterocycles. The fourth-order valence-corrected chi connectivity index (χ4v) is 5.38. The lowest BCUT2D eigenvalue weighted by atomic mass is 10.2. The number of amides is 1. The van der Waals surface area contributed by atoms with Crippen LogP contribution in [0.5, 0.6) is 0 Å². The maximum atomic E-state index is 12.7. The van der Waals surface area contributed by atoms with E-state index in [9.17, 15) is 4.79 Å². The summed E-state index contributed by atoms with van der Waals surface area (Å²) in [6.45, 7) is 0. The molecule has 0 radical (unpaired) electrons. The molecule has 4 aromatic rings. The van der Waals surface area contributed by atoms with Crippen molar-refractivity contribution in [3.05, 3.63) is 65.9 Å². The molecule has 2 heterocycles. The van der Waals surface area contributed by atoms with E-state index in [0.29, 0.717) is 6.42 Å². The number of aryl methyl sites for hydroxylation is 1. The van der Waals surface area contributed by atoms with Gasteiger partial charge in [-0.25, -0.2) is 4.98 Å². The molecule has 1 aliphatic carbocycles. The normalized spacial score (nSPS) is 13.0. The summed E-state index contributed by atoms with van der Waals surface area (Å²) in [5, 5.41) is 8.72. The molecule has 1 amide bonds. The molecule has 0 saturated carbocycles. The molecule has 7 heteroatoms. The average Bonchev–Trinajstić information content (AvgIpc) is 3.44. The van der Waals surface area contributed by atoms with Crippen molar-refractivity contribution in [3.8, 4) is 5.13 Å². The summed E-state index contributed by atoms with van der Waals surface area (Å²) in [6.07, 6.45) is 3.46. The Balaban J connectivity index is 1.36. The van der Waals surface area contributed by atoms with Crippen LogP contribution in [0.1, 0.15) is 24.1 Å². The van der Waals surface area contributed by atoms with Gasteiger partial charge in [0.05, 0.1) is 15.9 Å². The molecular formula is C22H20N4OS2. The number of fused-ring (bicyclic) bond motifs is 2. The lowest BCUT2D eigenvalue weighted by Crippen LogP contribution is -2.16. The summed E-state index contributed by atoms with van der Waals surface area (Å²) in [5.41, 5.74) is 3.20. The number of carbonyl (C=O) groups excluding carboxylic acids is 1. The van der Waals surface area contributed by atoms with Gasteiger partial charge in [-0.1, -0.05) is 41.7 Å². The third-order valence-electron chi connectivity index (χ3n) is 4.97. The lowest BCUT2D eigenvalue weighted by Gasteiger charge is -2.09. The van der Waals surface area contributed by atoms with Crippen LogP contribution in [0, 0.1) is 0 Å². The minimum Gasteiger partial charge on any atom is -0.310 e. The van der Waals surface area contributed by atoms with Crippen molar-refractivity contribution in [2.45, 2.75) is 30.6 Å². The fourth-order valence-electron chi connectivity index (χ4n) is 3.58. The van der Waals surface area contributed by atoms with Crippen LogP contribution in [-0.4, -0.2) is 26.4 Å². The van der Waals surface area contributed by atoms with E-state index in [4.69, 9.17) is 10.1 Å². The number of thiazole rings is 1. The number of thioether (sulfide) groups is 1. The topological polar surface area (TPSA) is 59.8 Å². The van der Waals surface area contributed by atoms with Gasteiger partial charge in [0, 0.05) is 22.6 Å². The average molecular weight is 421 g/mol. The predicted molar refractivity (Wildman–Crippen MR) is 119 cm³/mol. The van der Waals surface area contributed by atoms with Crippen molar-refractivity contribution >= 4 is 45.0 Å². The molecule has 2 aromatic carbocycles. The Bertz CT molecular complexity index is 1130. The molecule has 1 N–H and O–H groups in total. The zero-order valence-electron chi connectivity index (χ0n) is 15.8. The van der Waals surface area contributed by atoms with Crippen LogP contribution >= 0.6 is 23.1 Å². The first kappa shape index (κ1) is 18.4. The number of benzene rings is 2. The summed E-state index contributed by atoms with van der Waals surface area (Å²) in [5.74, 6) is 1.56. The SMILES string of the molecule is O=C(CCSc1ccccc1)Nc1c2c(nn1-c1nc3ccccc3s1)CCC2. The van der Waals surface area contributed by atoms with Crippen LogP contribution in [-0.2, 0) is 17.6 Å². The molecule has 2 aromatic heterocycles. The lowest BCUT2D eigenvalue weighted by molar-refractivity contribution is -0.115. The number of hydrogen-bond acceptors (Lipinski definition) is 5. The molecule has 29 heavy (non-hydrogen) atoms. The first-order chi connectivity index (χ1) is 14.3. The largest absolute Gasteiger partial charge is 0.310 e. The molecule has 0 aliphatic heterocycles. The van der Waals surface area contributed by atoms with Crippen LogP contribution in [0.4, 0.5) is 5.82 Å². The molecule has 0 unspecified atom stereocenters. The van der Waals surface area contributed by atoms with Gasteiger partial charge in [-0.3, -0.25) is 4.79 Å². The predicted octanol–water partition coefficient (Wildman–Crippen LogP) is 5.09. The van der Waals surface area contributed by atoms with Gasteiger partial charge >= 0.3 is 0 Å². The standard InChI is InChI=1S/C22H20N4OS2/c27-20(13-14-28-15-7-2-1-3-8-15)24-21-16-9-6-11-17(16)25-26(21)22-23-18-10-4-5-12-19(18)29-22/h1-5,7-8,10,12H,6,9,11,13-14H2,(H,24,27). The summed E-state index contributed by atoms with van der Waals surface area (Å²) in [7, 11) is 0. The van der Waals surface area contributed by atoms with Gasteiger partial charge in [-0.15, -0.1) is 11.8 Å². The van der Waals surface area contributed by atoms with Gasteiger partial charge in [0.1, 0.15) is 5.82 Å². The van der Waals surface area contributed by atoms with Gasteiger partial charge < -0.3 is 5.32 Å². The van der Waals surface area contributed by atoms with Crippen LogP contribution in [0.2, 0.25) is 0 Å². The van der Waals surface area contributed by atoms with Gasteiger partial charge in [0.2, 0.25) is 11.0 Å². The fraction of sp³-hybridized carbons (Fsp3) is 0.227. The van der Waals surface area contributed by atoms with Crippen molar-refractivity contribution in [2.75, 3.05) is 11.1 Å². The van der Waals surface area contributed by atoms with E-state index in [-0.39, 0.29) is 5.91 Å². The number of para-hydroxylation sites is 1. The van der Waals surface area contributed by atoms with Gasteiger partial charge in [0.15, 0.2) is 0 Å². The number of aromatic nitrogens is 3. The van der Waals surface area contributed by atoms with Crippen LogP contribution in [0.15, 0.2) is 59.5 Å². The van der Waals surface area contributed by atoms with E-state index in [1.54, 1.807) is 23.1 Å².